The maximum absolute atomic E-state index is 12.0. The zero-order chi connectivity index (χ0) is 19.6. The van der Waals surface area contributed by atoms with Crippen LogP contribution in [0.3, 0.4) is 0 Å². The molecule has 3 rings (SSSR count). The smallest absolute Gasteiger partial charge is 0.336 e. The largest absolute Gasteiger partial charge is 0.478 e. The molecule has 1 heterocycles. The van der Waals surface area contributed by atoms with Gasteiger partial charge in [0, 0.05) is 5.56 Å². The van der Waals surface area contributed by atoms with Gasteiger partial charge in [-0.15, -0.1) is 0 Å². The number of carbonyl (C=O) groups is 1. The molecule has 0 bridgehead atoms. The molecule has 3 aromatic rings. The van der Waals surface area contributed by atoms with E-state index in [1.807, 2.05) is 6.07 Å². The third kappa shape index (κ3) is 3.01. The monoisotopic (exact) mass is 356 g/mol. The number of aromatic amines is 1. The molecule has 2 aromatic carbocycles. The molecule has 0 radical (unpaired) electrons. The summed E-state index contributed by atoms with van der Waals surface area (Å²) in [6.07, 6.45) is 0. The Kier molecular flexibility index (Phi) is 4.44. The normalized spacial score (nSPS) is 10.0. The van der Waals surface area contributed by atoms with Crippen molar-refractivity contribution in [2.24, 2.45) is 0 Å². The van der Waals surface area contributed by atoms with Crippen LogP contribution in [0.1, 0.15) is 21.5 Å². The van der Waals surface area contributed by atoms with Crippen molar-refractivity contribution >= 4 is 11.8 Å². The van der Waals surface area contributed by atoms with E-state index in [1.54, 1.807) is 48.5 Å². The highest BCUT2D eigenvalue weighted by molar-refractivity contribution is 5.96. The summed E-state index contributed by atoms with van der Waals surface area (Å²) in [4.78, 5) is 25.7. The summed E-state index contributed by atoms with van der Waals surface area (Å²) in [6.45, 7) is 0. The number of anilines is 1. The molecule has 0 aliphatic rings. The summed E-state index contributed by atoms with van der Waals surface area (Å²) in [5.41, 5.74) is 6.77. The number of hydrogen-bond acceptors (Lipinski definition) is 5. The molecule has 0 aliphatic carbocycles. The number of nitrogens with one attached hydrogen (secondary N) is 1. The van der Waals surface area contributed by atoms with Gasteiger partial charge in [0.1, 0.15) is 29.1 Å². The number of H-pyrrole nitrogens is 1. The van der Waals surface area contributed by atoms with Gasteiger partial charge in [0.2, 0.25) is 0 Å². The number of aromatic carboxylic acids is 1. The van der Waals surface area contributed by atoms with Crippen LogP contribution in [0.25, 0.3) is 22.3 Å². The summed E-state index contributed by atoms with van der Waals surface area (Å²) < 4.78 is 0. The van der Waals surface area contributed by atoms with Crippen LogP contribution in [0.2, 0.25) is 0 Å². The highest BCUT2D eigenvalue weighted by atomic mass is 16.4. The Morgan fingerprint density at radius 3 is 2.15 bits per heavy atom. The molecule has 7 heteroatoms. The van der Waals surface area contributed by atoms with Crippen molar-refractivity contribution in [3.63, 3.8) is 0 Å². The molecule has 0 spiro atoms. The SMILES string of the molecule is N#Cc1c(N)[nH]c(=O)c(C#N)c1-c1ccc(-c2ccccc2C(=O)O)cc1. The summed E-state index contributed by atoms with van der Waals surface area (Å²) in [6, 6.07) is 16.8. The Morgan fingerprint density at radius 1 is 0.963 bits per heavy atom. The minimum absolute atomic E-state index is 0.00448. The van der Waals surface area contributed by atoms with E-state index in [0.717, 1.165) is 0 Å². The number of carboxylic acids is 1. The maximum atomic E-state index is 12.0. The number of nitrogens with zero attached hydrogens (tertiary/aromatic N) is 2. The predicted octanol–water partition coefficient (Wildman–Crippen LogP) is 2.73. The second kappa shape index (κ2) is 6.87. The van der Waals surface area contributed by atoms with Crippen LogP contribution in [-0.4, -0.2) is 16.1 Å². The molecule has 27 heavy (non-hydrogen) atoms. The fourth-order valence-corrected chi connectivity index (χ4v) is 2.87. The van der Waals surface area contributed by atoms with E-state index in [9.17, 15) is 25.2 Å². The van der Waals surface area contributed by atoms with E-state index >= 15 is 0 Å². The van der Waals surface area contributed by atoms with Crippen molar-refractivity contribution in [1.82, 2.24) is 4.98 Å². The van der Waals surface area contributed by atoms with Gasteiger partial charge in [0.05, 0.1) is 5.56 Å². The molecule has 0 aliphatic heterocycles. The van der Waals surface area contributed by atoms with Crippen LogP contribution in [0, 0.1) is 22.7 Å². The molecule has 0 saturated heterocycles. The lowest BCUT2D eigenvalue weighted by Crippen LogP contribution is -2.16. The number of aromatic nitrogens is 1. The number of hydrogen-bond donors (Lipinski definition) is 3. The third-order valence-corrected chi connectivity index (χ3v) is 4.11. The molecular formula is C20H12N4O3. The topological polar surface area (TPSA) is 144 Å². The van der Waals surface area contributed by atoms with Crippen molar-refractivity contribution in [3.05, 3.63) is 75.6 Å². The molecule has 0 atom stereocenters. The number of benzene rings is 2. The number of pyridine rings is 1. The zero-order valence-electron chi connectivity index (χ0n) is 13.9. The van der Waals surface area contributed by atoms with Crippen LogP contribution < -0.4 is 11.3 Å². The highest BCUT2D eigenvalue weighted by Crippen LogP contribution is 2.31. The Hall–Kier alpha value is -4.36. The lowest BCUT2D eigenvalue weighted by Gasteiger charge is -2.10. The van der Waals surface area contributed by atoms with Crippen molar-refractivity contribution in [1.29, 1.82) is 10.5 Å². The van der Waals surface area contributed by atoms with Gasteiger partial charge in [-0.3, -0.25) is 4.79 Å². The molecule has 130 valence electrons. The van der Waals surface area contributed by atoms with Gasteiger partial charge in [-0.2, -0.15) is 10.5 Å². The maximum Gasteiger partial charge on any atom is 0.336 e. The van der Waals surface area contributed by atoms with Gasteiger partial charge in [-0.25, -0.2) is 4.79 Å². The molecule has 0 unspecified atom stereocenters. The lowest BCUT2D eigenvalue weighted by atomic mass is 9.93. The van der Waals surface area contributed by atoms with Crippen LogP contribution in [0.15, 0.2) is 53.3 Å². The van der Waals surface area contributed by atoms with Crippen molar-refractivity contribution < 1.29 is 9.90 Å². The molecule has 7 nitrogen and oxygen atoms in total. The predicted molar refractivity (Wildman–Crippen MR) is 98.7 cm³/mol. The van der Waals surface area contributed by atoms with E-state index in [4.69, 9.17) is 5.73 Å². The van der Waals surface area contributed by atoms with Crippen molar-refractivity contribution in [2.75, 3.05) is 5.73 Å². The second-order valence-electron chi connectivity index (χ2n) is 5.64. The summed E-state index contributed by atoms with van der Waals surface area (Å²) in [5, 5.41) is 28.0. The van der Waals surface area contributed by atoms with Gasteiger partial charge < -0.3 is 15.8 Å². The van der Waals surface area contributed by atoms with Crippen LogP contribution in [0.4, 0.5) is 5.82 Å². The van der Waals surface area contributed by atoms with Gasteiger partial charge in [0.25, 0.3) is 5.56 Å². The minimum Gasteiger partial charge on any atom is -0.478 e. The third-order valence-electron chi connectivity index (χ3n) is 4.11. The van der Waals surface area contributed by atoms with E-state index in [1.165, 1.54) is 6.07 Å². The first-order valence-corrected chi connectivity index (χ1v) is 7.77. The molecular weight excluding hydrogens is 344 g/mol. The molecule has 0 amide bonds. The number of carboxylic acid groups (broad SMARTS) is 1. The fraction of sp³-hybridized carbons (Fsp3) is 0. The quantitative estimate of drug-likeness (QED) is 0.658. The van der Waals surface area contributed by atoms with Crippen LogP contribution >= 0.6 is 0 Å². The summed E-state index contributed by atoms with van der Waals surface area (Å²) in [5.74, 6) is -1.16. The van der Waals surface area contributed by atoms with Gasteiger partial charge in [0.15, 0.2) is 0 Å². The first kappa shape index (κ1) is 17.5. The molecule has 0 fully saturated rings. The number of nitriles is 2. The number of nitrogens with two attached hydrogens (primary N) is 1. The molecule has 0 saturated carbocycles. The fourth-order valence-electron chi connectivity index (χ4n) is 2.87. The standard InChI is InChI=1S/C20H12N4O3/c21-9-15-17(16(10-22)19(25)24-18(15)23)12-7-5-11(6-8-12)13-3-1-2-4-14(13)20(26)27/h1-8H,(H,26,27)(H3,23,24,25). The Labute approximate surface area is 153 Å². The second-order valence-corrected chi connectivity index (χ2v) is 5.64. The average molecular weight is 356 g/mol. The average Bonchev–Trinajstić information content (AvgIpc) is 2.67. The minimum atomic E-state index is -1.05. The van der Waals surface area contributed by atoms with Gasteiger partial charge >= 0.3 is 5.97 Å². The first-order chi connectivity index (χ1) is 13.0. The van der Waals surface area contributed by atoms with E-state index in [-0.39, 0.29) is 28.1 Å². The first-order valence-electron chi connectivity index (χ1n) is 7.77. The van der Waals surface area contributed by atoms with Crippen molar-refractivity contribution in [3.8, 4) is 34.4 Å². The summed E-state index contributed by atoms with van der Waals surface area (Å²) in [7, 11) is 0. The van der Waals surface area contributed by atoms with Crippen molar-refractivity contribution in [2.45, 2.75) is 0 Å². The van der Waals surface area contributed by atoms with E-state index in [0.29, 0.717) is 16.7 Å². The Bertz CT molecular complexity index is 1200. The van der Waals surface area contributed by atoms with E-state index in [2.05, 4.69) is 4.98 Å². The van der Waals surface area contributed by atoms with Crippen LogP contribution in [0.5, 0.6) is 0 Å². The van der Waals surface area contributed by atoms with Gasteiger partial charge in [-0.05, 0) is 22.8 Å². The van der Waals surface area contributed by atoms with E-state index < -0.39 is 11.5 Å². The lowest BCUT2D eigenvalue weighted by molar-refractivity contribution is 0.0697. The Morgan fingerprint density at radius 2 is 1.56 bits per heavy atom. The Balaban J connectivity index is 2.19. The van der Waals surface area contributed by atoms with Crippen LogP contribution in [-0.2, 0) is 0 Å². The zero-order valence-corrected chi connectivity index (χ0v) is 13.9. The number of nitrogen functional groups attached to an aromatic ring is 1. The molecule has 4 N–H and O–H groups in total. The number of rotatable bonds is 3. The molecule has 1 aromatic heterocycles. The van der Waals surface area contributed by atoms with Gasteiger partial charge in [-0.1, -0.05) is 42.5 Å². The highest BCUT2D eigenvalue weighted by Gasteiger charge is 2.18. The summed E-state index contributed by atoms with van der Waals surface area (Å²) >= 11 is 0.